The van der Waals surface area contributed by atoms with Crippen LogP contribution in [0.1, 0.15) is 11.1 Å². The molecule has 0 atom stereocenters. The molecule has 2 rings (SSSR count). The Morgan fingerprint density at radius 3 is 2.45 bits per heavy atom. The van der Waals surface area contributed by atoms with Gasteiger partial charge in [0.1, 0.15) is 11.0 Å². The number of nitrogens with one attached hydrogen (secondary N) is 1. The molecule has 2 aromatic rings. The summed E-state index contributed by atoms with van der Waals surface area (Å²) in [4.78, 5) is 3.81. The third kappa shape index (κ3) is 3.55. The highest BCUT2D eigenvalue weighted by Gasteiger charge is 2.31. The molecule has 1 aromatic carbocycles. The van der Waals surface area contributed by atoms with E-state index < -0.39 is 11.7 Å². The van der Waals surface area contributed by atoms with Gasteiger partial charge in [0.15, 0.2) is 0 Å². The lowest BCUT2D eigenvalue weighted by Crippen LogP contribution is -2.07. The molecule has 1 N–H and O–H groups in total. The van der Waals surface area contributed by atoms with Crippen LogP contribution < -0.4 is 5.32 Å². The standard InChI is InChI=1S/C13H9Cl2F3N2/c1-7-2-3-9(14)10(4-7)19-12-6-8(13(16,17)18)5-11(15)20-12/h2-6H,1H3,(H,19,20). The normalized spacial score (nSPS) is 11.5. The maximum Gasteiger partial charge on any atom is 0.416 e. The van der Waals surface area contributed by atoms with Gasteiger partial charge < -0.3 is 5.32 Å². The van der Waals surface area contributed by atoms with Crippen LogP contribution in [0.3, 0.4) is 0 Å². The number of benzene rings is 1. The predicted octanol–water partition coefficient (Wildman–Crippen LogP) is 5.46. The van der Waals surface area contributed by atoms with Crippen molar-refractivity contribution in [3.05, 3.63) is 51.6 Å². The second-order valence-electron chi connectivity index (χ2n) is 4.17. The van der Waals surface area contributed by atoms with Gasteiger partial charge >= 0.3 is 6.18 Å². The summed E-state index contributed by atoms with van der Waals surface area (Å²) in [6.07, 6.45) is -4.49. The zero-order valence-electron chi connectivity index (χ0n) is 10.2. The van der Waals surface area contributed by atoms with Crippen LogP contribution in [0.15, 0.2) is 30.3 Å². The van der Waals surface area contributed by atoms with E-state index in [1.165, 1.54) is 0 Å². The molecule has 0 unspecified atom stereocenters. The van der Waals surface area contributed by atoms with Crippen molar-refractivity contribution in [2.45, 2.75) is 13.1 Å². The maximum atomic E-state index is 12.7. The first kappa shape index (κ1) is 14.9. The molecule has 0 saturated carbocycles. The SMILES string of the molecule is Cc1ccc(Cl)c(Nc2cc(C(F)(F)F)cc(Cl)n2)c1. The van der Waals surface area contributed by atoms with Gasteiger partial charge in [-0.25, -0.2) is 4.98 Å². The summed E-state index contributed by atoms with van der Waals surface area (Å²) < 4.78 is 38.1. The van der Waals surface area contributed by atoms with Gasteiger partial charge in [0.2, 0.25) is 0 Å². The van der Waals surface area contributed by atoms with Crippen LogP contribution in [0.5, 0.6) is 0 Å². The molecule has 0 aliphatic heterocycles. The van der Waals surface area contributed by atoms with Crippen molar-refractivity contribution in [3.63, 3.8) is 0 Å². The first-order valence-corrected chi connectivity index (χ1v) is 6.29. The van der Waals surface area contributed by atoms with Gasteiger partial charge in [-0.1, -0.05) is 29.3 Å². The predicted molar refractivity (Wildman–Crippen MR) is 73.7 cm³/mol. The number of pyridine rings is 1. The van der Waals surface area contributed by atoms with E-state index in [1.807, 2.05) is 6.92 Å². The number of rotatable bonds is 2. The molecule has 2 nitrogen and oxygen atoms in total. The van der Waals surface area contributed by atoms with Crippen LogP contribution in [-0.2, 0) is 6.18 Å². The van der Waals surface area contributed by atoms with E-state index >= 15 is 0 Å². The highest BCUT2D eigenvalue weighted by Crippen LogP contribution is 2.33. The number of hydrogen-bond donors (Lipinski definition) is 1. The Balaban J connectivity index is 2.39. The Morgan fingerprint density at radius 1 is 1.10 bits per heavy atom. The van der Waals surface area contributed by atoms with Crippen LogP contribution >= 0.6 is 23.2 Å². The number of aryl methyl sites for hydroxylation is 1. The van der Waals surface area contributed by atoms with E-state index in [0.29, 0.717) is 10.7 Å². The van der Waals surface area contributed by atoms with Crippen molar-refractivity contribution in [2.75, 3.05) is 5.32 Å². The largest absolute Gasteiger partial charge is 0.416 e. The van der Waals surface area contributed by atoms with E-state index in [4.69, 9.17) is 23.2 Å². The highest BCUT2D eigenvalue weighted by molar-refractivity contribution is 6.33. The van der Waals surface area contributed by atoms with E-state index in [0.717, 1.165) is 17.7 Å². The topological polar surface area (TPSA) is 24.9 Å². The smallest absolute Gasteiger partial charge is 0.339 e. The molecular weight excluding hydrogens is 312 g/mol. The van der Waals surface area contributed by atoms with Crippen LogP contribution in [0.2, 0.25) is 10.2 Å². The van der Waals surface area contributed by atoms with E-state index in [9.17, 15) is 13.2 Å². The molecule has 0 spiro atoms. The van der Waals surface area contributed by atoms with E-state index in [1.54, 1.807) is 18.2 Å². The monoisotopic (exact) mass is 320 g/mol. The number of nitrogens with zero attached hydrogens (tertiary/aromatic N) is 1. The molecule has 0 bridgehead atoms. The lowest BCUT2D eigenvalue weighted by atomic mass is 10.2. The number of hydrogen-bond acceptors (Lipinski definition) is 2. The molecule has 1 aromatic heterocycles. The van der Waals surface area contributed by atoms with Gasteiger partial charge in [0.25, 0.3) is 0 Å². The minimum atomic E-state index is -4.49. The van der Waals surface area contributed by atoms with E-state index in [-0.39, 0.29) is 11.0 Å². The number of anilines is 2. The molecule has 7 heteroatoms. The first-order chi connectivity index (χ1) is 9.25. The van der Waals surface area contributed by atoms with Gasteiger partial charge in [-0.3, -0.25) is 0 Å². The third-order valence-corrected chi connectivity index (χ3v) is 3.03. The molecule has 106 valence electrons. The van der Waals surface area contributed by atoms with Crippen molar-refractivity contribution in [2.24, 2.45) is 0 Å². The molecule has 1 heterocycles. The second kappa shape index (κ2) is 5.50. The molecule has 0 aliphatic rings. The van der Waals surface area contributed by atoms with Crippen molar-refractivity contribution in [1.82, 2.24) is 4.98 Å². The average Bonchev–Trinajstić information content (AvgIpc) is 2.32. The highest BCUT2D eigenvalue weighted by atomic mass is 35.5. The summed E-state index contributed by atoms with van der Waals surface area (Å²) in [5.74, 6) is -0.0164. The summed E-state index contributed by atoms with van der Waals surface area (Å²) >= 11 is 11.6. The Hall–Kier alpha value is -1.46. The molecule has 0 saturated heterocycles. The Kier molecular flexibility index (Phi) is 4.11. The minimum absolute atomic E-state index is 0.0164. The first-order valence-electron chi connectivity index (χ1n) is 5.53. The zero-order chi connectivity index (χ0) is 14.9. The molecular formula is C13H9Cl2F3N2. The fourth-order valence-electron chi connectivity index (χ4n) is 1.60. The van der Waals surface area contributed by atoms with Gasteiger partial charge in [-0.05, 0) is 36.8 Å². The average molecular weight is 321 g/mol. The lowest BCUT2D eigenvalue weighted by Gasteiger charge is -2.12. The summed E-state index contributed by atoms with van der Waals surface area (Å²) in [6.45, 7) is 1.84. The minimum Gasteiger partial charge on any atom is -0.339 e. The molecule has 0 fully saturated rings. The maximum absolute atomic E-state index is 12.7. The van der Waals surface area contributed by atoms with E-state index in [2.05, 4.69) is 10.3 Å². The zero-order valence-corrected chi connectivity index (χ0v) is 11.7. The second-order valence-corrected chi connectivity index (χ2v) is 4.96. The quantitative estimate of drug-likeness (QED) is 0.743. The number of alkyl halides is 3. The fraction of sp³-hybridized carbons (Fsp3) is 0.154. The van der Waals surface area contributed by atoms with Crippen LogP contribution in [0, 0.1) is 6.92 Å². The third-order valence-electron chi connectivity index (χ3n) is 2.51. The Bertz CT molecular complexity index is 642. The molecule has 0 aliphatic carbocycles. The van der Waals surface area contributed by atoms with Crippen molar-refractivity contribution >= 4 is 34.7 Å². The number of halogens is 5. The van der Waals surface area contributed by atoms with Gasteiger partial charge in [-0.15, -0.1) is 0 Å². The molecule has 20 heavy (non-hydrogen) atoms. The summed E-state index contributed by atoms with van der Waals surface area (Å²) in [6, 6.07) is 6.79. The fourth-order valence-corrected chi connectivity index (χ4v) is 1.97. The summed E-state index contributed by atoms with van der Waals surface area (Å²) in [7, 11) is 0. The molecule has 0 amide bonds. The van der Waals surface area contributed by atoms with Gasteiger partial charge in [-0.2, -0.15) is 13.2 Å². The number of aromatic nitrogens is 1. The lowest BCUT2D eigenvalue weighted by molar-refractivity contribution is -0.137. The van der Waals surface area contributed by atoms with Crippen LogP contribution in [-0.4, -0.2) is 4.98 Å². The molecule has 0 radical (unpaired) electrons. The van der Waals surface area contributed by atoms with Crippen LogP contribution in [0.25, 0.3) is 0 Å². The van der Waals surface area contributed by atoms with Crippen molar-refractivity contribution in [1.29, 1.82) is 0 Å². The van der Waals surface area contributed by atoms with Crippen molar-refractivity contribution in [3.8, 4) is 0 Å². The van der Waals surface area contributed by atoms with Crippen molar-refractivity contribution < 1.29 is 13.2 Å². The summed E-state index contributed by atoms with van der Waals surface area (Å²) in [5.41, 5.74) is 0.508. The Labute approximate surface area is 123 Å². The van der Waals surface area contributed by atoms with Gasteiger partial charge in [0, 0.05) is 0 Å². The summed E-state index contributed by atoms with van der Waals surface area (Å²) in [5, 5.41) is 2.87. The Morgan fingerprint density at radius 2 is 1.80 bits per heavy atom. The van der Waals surface area contributed by atoms with Gasteiger partial charge in [0.05, 0.1) is 16.3 Å². The van der Waals surface area contributed by atoms with Crippen LogP contribution in [0.4, 0.5) is 24.7 Å².